The minimum atomic E-state index is 0.429. The molecule has 25 heavy (non-hydrogen) atoms. The summed E-state index contributed by atoms with van der Waals surface area (Å²) in [6.45, 7) is 3.85. The third-order valence-corrected chi connectivity index (χ3v) is 4.24. The molecule has 0 radical (unpaired) electrons. The van der Waals surface area contributed by atoms with Crippen molar-refractivity contribution in [2.75, 3.05) is 0 Å². The fourth-order valence-electron chi connectivity index (χ4n) is 2.31. The van der Waals surface area contributed by atoms with E-state index in [0.29, 0.717) is 27.2 Å². The summed E-state index contributed by atoms with van der Waals surface area (Å²) >= 11 is 12.1. The molecule has 0 aliphatic carbocycles. The molecule has 0 spiro atoms. The molecule has 0 aliphatic rings. The van der Waals surface area contributed by atoms with Crippen molar-refractivity contribution in [2.45, 2.75) is 13.8 Å². The second-order valence-corrected chi connectivity index (χ2v) is 6.33. The lowest BCUT2D eigenvalue weighted by molar-refractivity contribution is 0.484. The second-order valence-electron chi connectivity index (χ2n) is 5.49. The number of benzene rings is 2. The van der Waals surface area contributed by atoms with Gasteiger partial charge in [0.15, 0.2) is 5.75 Å². The molecule has 0 aliphatic heterocycles. The van der Waals surface area contributed by atoms with Crippen LogP contribution in [0.4, 0.5) is 11.4 Å². The van der Waals surface area contributed by atoms with Crippen LogP contribution in [0.1, 0.15) is 11.4 Å². The smallest absolute Gasteiger partial charge is 0.155 e. The zero-order valence-corrected chi connectivity index (χ0v) is 15.5. The van der Waals surface area contributed by atoms with Crippen molar-refractivity contribution in [3.05, 3.63) is 63.9 Å². The number of rotatable bonds is 4. The molecule has 0 amide bonds. The van der Waals surface area contributed by atoms with Crippen molar-refractivity contribution in [1.29, 1.82) is 0 Å². The molecule has 3 aromatic rings. The van der Waals surface area contributed by atoms with Crippen LogP contribution in [0, 0.1) is 13.8 Å². The number of hydrogen-bond acceptors (Lipinski definition) is 4. The summed E-state index contributed by atoms with van der Waals surface area (Å²) in [4.78, 5) is 0. The zero-order chi connectivity index (χ0) is 18.0. The Morgan fingerprint density at radius 1 is 1.00 bits per heavy atom. The molecule has 0 N–H and O–H groups in total. The first-order valence-corrected chi connectivity index (χ1v) is 8.35. The van der Waals surface area contributed by atoms with Gasteiger partial charge in [-0.2, -0.15) is 5.10 Å². The third kappa shape index (κ3) is 3.83. The van der Waals surface area contributed by atoms with E-state index < -0.39 is 0 Å². The molecule has 2 aromatic carbocycles. The number of ether oxygens (including phenoxy) is 1. The van der Waals surface area contributed by atoms with E-state index in [4.69, 9.17) is 27.9 Å². The second kappa shape index (κ2) is 7.25. The lowest BCUT2D eigenvalue weighted by Gasteiger charge is -2.09. The molecule has 5 nitrogen and oxygen atoms in total. The quantitative estimate of drug-likeness (QED) is 0.486. The van der Waals surface area contributed by atoms with E-state index >= 15 is 0 Å². The topological polar surface area (TPSA) is 51.8 Å². The van der Waals surface area contributed by atoms with Gasteiger partial charge < -0.3 is 4.74 Å². The molecule has 1 heterocycles. The number of para-hydroxylation sites is 1. The number of halogens is 2. The highest BCUT2D eigenvalue weighted by molar-refractivity contribution is 6.35. The Morgan fingerprint density at radius 3 is 2.44 bits per heavy atom. The summed E-state index contributed by atoms with van der Waals surface area (Å²) < 4.78 is 7.66. The monoisotopic (exact) mass is 374 g/mol. The molecule has 0 saturated heterocycles. The molecule has 0 fully saturated rings. The standard InChI is InChI=1S/C18H16Cl2N4O/c1-11-18(12(2)24(3)23-11)22-21-15-6-4-5-7-17(15)25-16-9-8-13(19)10-14(16)20/h4-10H,1-3H3. The number of aromatic nitrogens is 2. The highest BCUT2D eigenvalue weighted by atomic mass is 35.5. The Labute approximate surface area is 155 Å². The van der Waals surface area contributed by atoms with Gasteiger partial charge in [-0.05, 0) is 44.2 Å². The Morgan fingerprint density at radius 2 is 1.76 bits per heavy atom. The van der Waals surface area contributed by atoms with Gasteiger partial charge in [-0.1, -0.05) is 35.3 Å². The predicted molar refractivity (Wildman–Crippen MR) is 99.8 cm³/mol. The fraction of sp³-hybridized carbons (Fsp3) is 0.167. The van der Waals surface area contributed by atoms with Crippen LogP contribution >= 0.6 is 23.2 Å². The van der Waals surface area contributed by atoms with E-state index in [-0.39, 0.29) is 0 Å². The Balaban J connectivity index is 1.92. The number of hydrogen-bond donors (Lipinski definition) is 0. The molecule has 0 atom stereocenters. The molecule has 0 unspecified atom stereocenters. The molecule has 7 heteroatoms. The number of aryl methyl sites for hydroxylation is 2. The summed E-state index contributed by atoms with van der Waals surface area (Å²) in [5.74, 6) is 1.05. The lowest BCUT2D eigenvalue weighted by Crippen LogP contribution is -1.91. The largest absolute Gasteiger partial charge is 0.453 e. The molecule has 0 bridgehead atoms. The van der Waals surface area contributed by atoms with E-state index in [0.717, 1.165) is 17.1 Å². The minimum absolute atomic E-state index is 0.429. The first-order chi connectivity index (χ1) is 12.0. The van der Waals surface area contributed by atoms with E-state index in [1.165, 1.54) is 0 Å². The van der Waals surface area contributed by atoms with Crippen molar-refractivity contribution < 1.29 is 4.74 Å². The van der Waals surface area contributed by atoms with Gasteiger partial charge in [-0.3, -0.25) is 4.68 Å². The average Bonchev–Trinajstić information content (AvgIpc) is 2.82. The first-order valence-electron chi connectivity index (χ1n) is 7.59. The summed E-state index contributed by atoms with van der Waals surface area (Å²) in [6, 6.07) is 12.4. The van der Waals surface area contributed by atoms with Crippen LogP contribution in [0.15, 0.2) is 52.7 Å². The minimum Gasteiger partial charge on any atom is -0.453 e. The van der Waals surface area contributed by atoms with Crippen LogP contribution in [0.3, 0.4) is 0 Å². The van der Waals surface area contributed by atoms with Gasteiger partial charge in [-0.25, -0.2) is 0 Å². The van der Waals surface area contributed by atoms with E-state index in [1.54, 1.807) is 22.9 Å². The SMILES string of the molecule is Cc1nn(C)c(C)c1N=Nc1ccccc1Oc1ccc(Cl)cc1Cl. The first kappa shape index (κ1) is 17.5. The van der Waals surface area contributed by atoms with Crippen LogP contribution in [0.5, 0.6) is 11.5 Å². The lowest BCUT2D eigenvalue weighted by atomic mass is 10.3. The van der Waals surface area contributed by atoms with Gasteiger partial charge in [-0.15, -0.1) is 10.2 Å². The Hall–Kier alpha value is -2.37. The molecule has 0 saturated carbocycles. The van der Waals surface area contributed by atoms with E-state index in [9.17, 15) is 0 Å². The summed E-state index contributed by atoms with van der Waals surface area (Å²) in [7, 11) is 1.88. The van der Waals surface area contributed by atoms with E-state index in [1.807, 2.05) is 45.2 Å². The summed E-state index contributed by atoms with van der Waals surface area (Å²) in [5, 5.41) is 14.0. The van der Waals surface area contributed by atoms with Crippen molar-refractivity contribution in [3.8, 4) is 11.5 Å². The van der Waals surface area contributed by atoms with Crippen molar-refractivity contribution in [3.63, 3.8) is 0 Å². The van der Waals surface area contributed by atoms with Gasteiger partial charge in [0.1, 0.15) is 17.1 Å². The molecular formula is C18H16Cl2N4O. The maximum Gasteiger partial charge on any atom is 0.155 e. The Kier molecular flexibility index (Phi) is 5.06. The van der Waals surface area contributed by atoms with Crippen LogP contribution < -0.4 is 4.74 Å². The predicted octanol–water partition coefficient (Wildman–Crippen LogP) is 6.55. The van der Waals surface area contributed by atoms with Gasteiger partial charge in [0.2, 0.25) is 0 Å². The normalized spacial score (nSPS) is 11.2. The summed E-state index contributed by atoms with van der Waals surface area (Å²) in [5.41, 5.74) is 3.11. The van der Waals surface area contributed by atoms with Gasteiger partial charge >= 0.3 is 0 Å². The fourth-order valence-corrected chi connectivity index (χ4v) is 2.76. The van der Waals surface area contributed by atoms with Crippen molar-refractivity contribution in [1.82, 2.24) is 9.78 Å². The van der Waals surface area contributed by atoms with Crippen LogP contribution in [0.2, 0.25) is 10.0 Å². The van der Waals surface area contributed by atoms with Crippen LogP contribution in [-0.4, -0.2) is 9.78 Å². The number of azo groups is 1. The molecule has 128 valence electrons. The van der Waals surface area contributed by atoms with Gasteiger partial charge in [0, 0.05) is 12.1 Å². The summed E-state index contributed by atoms with van der Waals surface area (Å²) in [6.07, 6.45) is 0. The maximum atomic E-state index is 6.17. The highest BCUT2D eigenvalue weighted by Crippen LogP contribution is 2.37. The molecule has 3 rings (SSSR count). The zero-order valence-electron chi connectivity index (χ0n) is 14.0. The highest BCUT2D eigenvalue weighted by Gasteiger charge is 2.10. The van der Waals surface area contributed by atoms with Crippen molar-refractivity contribution in [2.24, 2.45) is 17.3 Å². The van der Waals surface area contributed by atoms with Gasteiger partial charge in [0.25, 0.3) is 0 Å². The molecule has 1 aromatic heterocycles. The molecular weight excluding hydrogens is 359 g/mol. The Bertz CT molecular complexity index is 950. The van der Waals surface area contributed by atoms with E-state index in [2.05, 4.69) is 15.3 Å². The van der Waals surface area contributed by atoms with Crippen LogP contribution in [-0.2, 0) is 7.05 Å². The maximum absolute atomic E-state index is 6.17. The average molecular weight is 375 g/mol. The van der Waals surface area contributed by atoms with Crippen LogP contribution in [0.25, 0.3) is 0 Å². The number of nitrogens with zero attached hydrogens (tertiary/aromatic N) is 4. The van der Waals surface area contributed by atoms with Crippen molar-refractivity contribution >= 4 is 34.6 Å². The third-order valence-electron chi connectivity index (χ3n) is 3.71. The van der Waals surface area contributed by atoms with Gasteiger partial charge in [0.05, 0.1) is 16.4 Å².